The van der Waals surface area contributed by atoms with Gasteiger partial charge in [0.15, 0.2) is 0 Å². The maximum Gasteiger partial charge on any atom is 0.0795 e. The first-order valence-corrected chi connectivity index (χ1v) is 17.6. The SMILES string of the molecule is CC(C)(C)c1ccc(-c2ccc3c(-c4ccccc4)cc4c(cc(-c5ccccc5)c5ccc(-c6ccc(C(C)(C)C)cc6)nc54)c3n2)cc1. The predicted molar refractivity (Wildman–Crippen MR) is 214 cm³/mol. The van der Waals surface area contributed by atoms with Crippen molar-refractivity contribution in [3.8, 4) is 44.8 Å². The normalized spacial score (nSPS) is 12.2. The molecule has 2 heteroatoms. The van der Waals surface area contributed by atoms with Crippen LogP contribution >= 0.6 is 0 Å². The highest BCUT2D eigenvalue weighted by atomic mass is 14.7. The summed E-state index contributed by atoms with van der Waals surface area (Å²) < 4.78 is 0. The molecule has 0 aliphatic heterocycles. The fourth-order valence-electron chi connectivity index (χ4n) is 7.07. The number of rotatable bonds is 4. The average molecular weight is 647 g/mol. The van der Waals surface area contributed by atoms with Gasteiger partial charge in [-0.25, -0.2) is 9.97 Å². The predicted octanol–water partition coefficient (Wildman–Crippen LogP) is 13.2. The topological polar surface area (TPSA) is 25.8 Å². The van der Waals surface area contributed by atoms with E-state index in [1.807, 2.05) is 0 Å². The van der Waals surface area contributed by atoms with Crippen LogP contribution in [0.3, 0.4) is 0 Å². The van der Waals surface area contributed by atoms with Gasteiger partial charge in [0.2, 0.25) is 0 Å². The van der Waals surface area contributed by atoms with Crippen LogP contribution in [0, 0.1) is 0 Å². The standard InChI is InChI=1S/C48H42N2/c1-47(2,3)35-21-17-33(18-22-35)43-27-25-37-39(31-13-9-7-10-14-31)30-42-41(45(37)49-43)29-40(32-15-11-8-12-16-32)38-26-28-44(50-46(38)42)34-19-23-36(24-20-34)48(4,5)6/h7-30H,1-6H3. The maximum absolute atomic E-state index is 5.48. The molecule has 6 aromatic carbocycles. The third-order valence-corrected chi connectivity index (χ3v) is 10.0. The second kappa shape index (κ2) is 12.1. The summed E-state index contributed by atoms with van der Waals surface area (Å²) in [6.07, 6.45) is 0. The fraction of sp³-hybridized carbons (Fsp3) is 0.167. The van der Waals surface area contributed by atoms with Gasteiger partial charge in [0.25, 0.3) is 0 Å². The van der Waals surface area contributed by atoms with Crippen LogP contribution < -0.4 is 0 Å². The Bertz CT molecular complexity index is 2320. The van der Waals surface area contributed by atoms with Crippen molar-refractivity contribution >= 4 is 32.6 Å². The lowest BCUT2D eigenvalue weighted by Crippen LogP contribution is -2.10. The highest BCUT2D eigenvalue weighted by molar-refractivity contribution is 6.22. The molecule has 2 aromatic heterocycles. The fourth-order valence-corrected chi connectivity index (χ4v) is 7.07. The third kappa shape index (κ3) is 5.75. The molecule has 2 heterocycles. The lowest BCUT2D eigenvalue weighted by molar-refractivity contribution is 0.590. The second-order valence-electron chi connectivity index (χ2n) is 15.5. The van der Waals surface area contributed by atoms with Gasteiger partial charge in [-0.05, 0) is 80.6 Å². The van der Waals surface area contributed by atoms with E-state index in [9.17, 15) is 0 Å². The molecule has 0 saturated heterocycles. The zero-order chi connectivity index (χ0) is 34.6. The molecule has 0 atom stereocenters. The van der Waals surface area contributed by atoms with Crippen LogP contribution in [0.15, 0.2) is 146 Å². The molecule has 0 fully saturated rings. The van der Waals surface area contributed by atoms with Crippen LogP contribution in [0.5, 0.6) is 0 Å². The molecule has 0 aliphatic carbocycles. The minimum Gasteiger partial charge on any atom is -0.247 e. The maximum atomic E-state index is 5.48. The summed E-state index contributed by atoms with van der Waals surface area (Å²) >= 11 is 0. The monoisotopic (exact) mass is 646 g/mol. The van der Waals surface area contributed by atoms with Gasteiger partial charge in [0, 0.05) is 32.7 Å². The van der Waals surface area contributed by atoms with Gasteiger partial charge in [-0.1, -0.05) is 151 Å². The van der Waals surface area contributed by atoms with Gasteiger partial charge in [-0.3, -0.25) is 0 Å². The molecule has 0 radical (unpaired) electrons. The Kier molecular flexibility index (Phi) is 7.64. The van der Waals surface area contributed by atoms with E-state index in [0.717, 1.165) is 77.3 Å². The summed E-state index contributed by atoms with van der Waals surface area (Å²) in [5.41, 5.74) is 13.6. The Morgan fingerprint density at radius 2 is 0.700 bits per heavy atom. The third-order valence-electron chi connectivity index (χ3n) is 10.0. The van der Waals surface area contributed by atoms with Crippen LogP contribution in [0.4, 0.5) is 0 Å². The Hall–Kier alpha value is -5.60. The zero-order valence-electron chi connectivity index (χ0n) is 29.8. The number of nitrogens with zero attached hydrogens (tertiary/aromatic N) is 2. The molecule has 8 rings (SSSR count). The van der Waals surface area contributed by atoms with Crippen LogP contribution in [0.25, 0.3) is 77.3 Å². The lowest BCUT2D eigenvalue weighted by atomic mass is 9.86. The van der Waals surface area contributed by atoms with Crippen molar-refractivity contribution in [1.82, 2.24) is 9.97 Å². The van der Waals surface area contributed by atoms with Crippen LogP contribution in [0.1, 0.15) is 52.7 Å². The Morgan fingerprint density at radius 1 is 0.340 bits per heavy atom. The van der Waals surface area contributed by atoms with Crippen molar-refractivity contribution in [2.75, 3.05) is 0 Å². The van der Waals surface area contributed by atoms with E-state index in [0.29, 0.717) is 0 Å². The minimum absolute atomic E-state index is 0.0888. The van der Waals surface area contributed by atoms with Crippen molar-refractivity contribution in [3.05, 3.63) is 157 Å². The summed E-state index contributed by atoms with van der Waals surface area (Å²) in [6, 6.07) is 52.7. The molecule has 0 unspecified atom stereocenters. The first-order valence-electron chi connectivity index (χ1n) is 17.6. The quantitative estimate of drug-likeness (QED) is 0.178. The zero-order valence-corrected chi connectivity index (χ0v) is 29.8. The van der Waals surface area contributed by atoms with Gasteiger partial charge in [0.05, 0.1) is 22.4 Å². The van der Waals surface area contributed by atoms with Crippen LogP contribution in [-0.4, -0.2) is 9.97 Å². The molecule has 244 valence electrons. The van der Waals surface area contributed by atoms with Gasteiger partial charge in [0.1, 0.15) is 0 Å². The smallest absolute Gasteiger partial charge is 0.0795 e. The molecular formula is C48H42N2. The second-order valence-corrected chi connectivity index (χ2v) is 15.5. The van der Waals surface area contributed by atoms with Crippen molar-refractivity contribution in [2.24, 2.45) is 0 Å². The first kappa shape index (κ1) is 31.7. The number of hydrogen-bond acceptors (Lipinski definition) is 2. The summed E-state index contributed by atoms with van der Waals surface area (Å²) in [5.74, 6) is 0. The molecule has 0 aliphatic rings. The first-order chi connectivity index (χ1) is 24.0. The number of aromatic nitrogens is 2. The number of benzene rings is 6. The summed E-state index contributed by atoms with van der Waals surface area (Å²) in [7, 11) is 0. The van der Waals surface area contributed by atoms with Gasteiger partial charge >= 0.3 is 0 Å². The Labute approximate surface area is 295 Å². The molecule has 0 saturated carbocycles. The molecule has 0 spiro atoms. The van der Waals surface area contributed by atoms with E-state index in [2.05, 4.69) is 187 Å². The van der Waals surface area contributed by atoms with Gasteiger partial charge in [-0.15, -0.1) is 0 Å². The van der Waals surface area contributed by atoms with E-state index >= 15 is 0 Å². The van der Waals surface area contributed by atoms with Crippen LogP contribution in [0.2, 0.25) is 0 Å². The Morgan fingerprint density at radius 3 is 1.04 bits per heavy atom. The Balaban J connectivity index is 1.44. The van der Waals surface area contributed by atoms with E-state index in [-0.39, 0.29) is 10.8 Å². The highest BCUT2D eigenvalue weighted by Gasteiger charge is 2.19. The molecule has 2 nitrogen and oxygen atoms in total. The highest BCUT2D eigenvalue weighted by Crippen LogP contribution is 2.42. The van der Waals surface area contributed by atoms with Crippen molar-refractivity contribution < 1.29 is 0 Å². The largest absolute Gasteiger partial charge is 0.247 e. The molecule has 0 N–H and O–H groups in total. The molecule has 50 heavy (non-hydrogen) atoms. The van der Waals surface area contributed by atoms with Gasteiger partial charge < -0.3 is 0 Å². The molecule has 8 aromatic rings. The summed E-state index contributed by atoms with van der Waals surface area (Å²) in [5, 5.41) is 4.47. The van der Waals surface area contributed by atoms with Crippen molar-refractivity contribution in [1.29, 1.82) is 0 Å². The minimum atomic E-state index is 0.0888. The molecule has 0 amide bonds. The number of fused-ring (bicyclic) bond motifs is 5. The van der Waals surface area contributed by atoms with E-state index < -0.39 is 0 Å². The average Bonchev–Trinajstić information content (AvgIpc) is 3.14. The summed E-state index contributed by atoms with van der Waals surface area (Å²) in [4.78, 5) is 11.0. The lowest BCUT2D eigenvalue weighted by Gasteiger charge is -2.19. The van der Waals surface area contributed by atoms with Crippen molar-refractivity contribution in [3.63, 3.8) is 0 Å². The number of hydrogen-bond donors (Lipinski definition) is 0. The molecular weight excluding hydrogens is 605 g/mol. The summed E-state index contributed by atoms with van der Waals surface area (Å²) in [6.45, 7) is 13.5. The van der Waals surface area contributed by atoms with E-state index in [4.69, 9.17) is 9.97 Å². The molecule has 0 bridgehead atoms. The van der Waals surface area contributed by atoms with Gasteiger partial charge in [-0.2, -0.15) is 0 Å². The van der Waals surface area contributed by atoms with E-state index in [1.54, 1.807) is 0 Å². The van der Waals surface area contributed by atoms with E-state index in [1.165, 1.54) is 11.1 Å². The van der Waals surface area contributed by atoms with Crippen LogP contribution in [-0.2, 0) is 10.8 Å². The van der Waals surface area contributed by atoms with Crippen molar-refractivity contribution in [2.45, 2.75) is 52.4 Å². The number of pyridine rings is 2.